The lowest BCUT2D eigenvalue weighted by Gasteiger charge is -2.26. The first-order valence-electron chi connectivity index (χ1n) is 11.1. The molecular formula is C26H29N5O. The number of hydrogen-bond donors (Lipinski definition) is 2. The molecule has 6 heteroatoms. The summed E-state index contributed by atoms with van der Waals surface area (Å²) in [6, 6.07) is 16.9. The number of morpholine rings is 1. The predicted octanol–water partition coefficient (Wildman–Crippen LogP) is 5.50. The monoisotopic (exact) mass is 427 g/mol. The van der Waals surface area contributed by atoms with Crippen LogP contribution in [0, 0.1) is 0 Å². The molecule has 0 atom stereocenters. The standard InChI is InChI=1S/C26H29N5O/c1-26(2,3)18-8-10-19(11-9-18)29-24-21-7-5-4-6-20(21)22(16-27-24)23-17-28-25(30-23)31-12-14-32-15-13-31/h4-11,16-17H,12-15H2,1-3H3,(H,27,29)(H,28,30). The summed E-state index contributed by atoms with van der Waals surface area (Å²) in [6.07, 6.45) is 3.88. The maximum absolute atomic E-state index is 5.45. The van der Waals surface area contributed by atoms with Gasteiger partial charge in [-0.3, -0.25) is 0 Å². The lowest BCUT2D eigenvalue weighted by atomic mass is 9.87. The summed E-state index contributed by atoms with van der Waals surface area (Å²) >= 11 is 0. The third-order valence-corrected chi connectivity index (χ3v) is 5.96. The maximum Gasteiger partial charge on any atom is 0.203 e. The van der Waals surface area contributed by atoms with E-state index >= 15 is 0 Å². The molecule has 2 aromatic carbocycles. The molecule has 4 aromatic rings. The number of hydrogen-bond acceptors (Lipinski definition) is 5. The Morgan fingerprint density at radius 3 is 2.41 bits per heavy atom. The normalized spacial score (nSPS) is 14.7. The van der Waals surface area contributed by atoms with Crippen molar-refractivity contribution < 1.29 is 4.74 Å². The number of benzene rings is 2. The van der Waals surface area contributed by atoms with Crippen LogP contribution in [0.1, 0.15) is 26.3 Å². The lowest BCUT2D eigenvalue weighted by Crippen LogP contribution is -2.36. The van der Waals surface area contributed by atoms with E-state index in [1.54, 1.807) is 0 Å². The number of imidazole rings is 1. The van der Waals surface area contributed by atoms with Crippen molar-refractivity contribution in [3.05, 3.63) is 66.5 Å². The molecule has 1 aliphatic heterocycles. The van der Waals surface area contributed by atoms with E-state index in [4.69, 9.17) is 14.7 Å². The molecule has 1 saturated heterocycles. The SMILES string of the molecule is CC(C)(C)c1ccc(Nc2ncc(-c3c[nH]c(N4CCOCC4)n3)c3ccccc23)cc1. The third-order valence-electron chi connectivity index (χ3n) is 5.96. The molecule has 0 bridgehead atoms. The minimum Gasteiger partial charge on any atom is -0.378 e. The molecule has 1 fully saturated rings. The molecule has 5 rings (SSSR count). The Hall–Kier alpha value is -3.38. The highest BCUT2D eigenvalue weighted by Gasteiger charge is 2.17. The van der Waals surface area contributed by atoms with Gasteiger partial charge in [-0.15, -0.1) is 0 Å². The van der Waals surface area contributed by atoms with Gasteiger partial charge in [0.05, 0.1) is 18.9 Å². The molecule has 0 aliphatic carbocycles. The quantitative estimate of drug-likeness (QED) is 0.450. The zero-order valence-electron chi connectivity index (χ0n) is 18.9. The molecule has 32 heavy (non-hydrogen) atoms. The highest BCUT2D eigenvalue weighted by Crippen LogP contribution is 2.33. The molecule has 2 N–H and O–H groups in total. The first-order valence-corrected chi connectivity index (χ1v) is 11.1. The van der Waals surface area contributed by atoms with E-state index in [9.17, 15) is 0 Å². The number of nitrogens with zero attached hydrogens (tertiary/aromatic N) is 3. The predicted molar refractivity (Wildman–Crippen MR) is 131 cm³/mol. The van der Waals surface area contributed by atoms with Crippen LogP contribution in [0.3, 0.4) is 0 Å². The molecule has 0 saturated carbocycles. The number of aromatic amines is 1. The fraction of sp³-hybridized carbons (Fsp3) is 0.308. The Bertz CT molecular complexity index is 1220. The third kappa shape index (κ3) is 4.06. The van der Waals surface area contributed by atoms with Crippen LogP contribution in [0.4, 0.5) is 17.5 Å². The second-order valence-corrected chi connectivity index (χ2v) is 9.23. The Labute approximate surface area is 188 Å². The number of ether oxygens (including phenoxy) is 1. The second-order valence-electron chi connectivity index (χ2n) is 9.23. The van der Waals surface area contributed by atoms with Gasteiger partial charge in [-0.25, -0.2) is 9.97 Å². The van der Waals surface area contributed by atoms with Gasteiger partial charge < -0.3 is 19.9 Å². The number of nitrogens with one attached hydrogen (secondary N) is 2. The fourth-order valence-electron chi connectivity index (χ4n) is 4.07. The van der Waals surface area contributed by atoms with Crippen molar-refractivity contribution in [2.24, 2.45) is 0 Å². The van der Waals surface area contributed by atoms with E-state index in [-0.39, 0.29) is 5.41 Å². The second kappa shape index (κ2) is 8.28. The van der Waals surface area contributed by atoms with Crippen molar-refractivity contribution in [2.75, 3.05) is 36.5 Å². The van der Waals surface area contributed by atoms with Crippen molar-refractivity contribution in [1.82, 2.24) is 15.0 Å². The van der Waals surface area contributed by atoms with Crippen LogP contribution < -0.4 is 10.2 Å². The first kappa shape index (κ1) is 20.5. The largest absolute Gasteiger partial charge is 0.378 e. The Kier molecular flexibility index (Phi) is 5.31. The number of rotatable bonds is 4. The van der Waals surface area contributed by atoms with Gasteiger partial charge in [-0.1, -0.05) is 57.2 Å². The highest BCUT2D eigenvalue weighted by molar-refractivity contribution is 6.02. The van der Waals surface area contributed by atoms with Gasteiger partial charge >= 0.3 is 0 Å². The van der Waals surface area contributed by atoms with Crippen LogP contribution in [0.15, 0.2) is 60.9 Å². The van der Waals surface area contributed by atoms with Crippen LogP contribution in [-0.4, -0.2) is 41.3 Å². The Morgan fingerprint density at radius 2 is 1.69 bits per heavy atom. The van der Waals surface area contributed by atoms with Gasteiger partial charge in [0.1, 0.15) is 5.82 Å². The van der Waals surface area contributed by atoms with Crippen LogP contribution >= 0.6 is 0 Å². The van der Waals surface area contributed by atoms with Crippen LogP contribution in [0.2, 0.25) is 0 Å². The summed E-state index contributed by atoms with van der Waals surface area (Å²) in [7, 11) is 0. The van der Waals surface area contributed by atoms with Gasteiger partial charge in [0.15, 0.2) is 0 Å². The average molecular weight is 428 g/mol. The zero-order chi connectivity index (χ0) is 22.1. The van der Waals surface area contributed by atoms with E-state index in [0.29, 0.717) is 0 Å². The van der Waals surface area contributed by atoms with E-state index < -0.39 is 0 Å². The van der Waals surface area contributed by atoms with Crippen molar-refractivity contribution >= 4 is 28.2 Å². The minimum atomic E-state index is 0.134. The summed E-state index contributed by atoms with van der Waals surface area (Å²) in [6.45, 7) is 9.84. The fourth-order valence-corrected chi connectivity index (χ4v) is 4.07. The van der Waals surface area contributed by atoms with E-state index in [1.165, 1.54) is 5.56 Å². The number of aromatic nitrogens is 3. The van der Waals surface area contributed by atoms with E-state index in [2.05, 4.69) is 78.4 Å². The number of H-pyrrole nitrogens is 1. The van der Waals surface area contributed by atoms with Crippen LogP contribution in [0.5, 0.6) is 0 Å². The maximum atomic E-state index is 5.45. The minimum absolute atomic E-state index is 0.134. The van der Waals surface area contributed by atoms with Gasteiger partial charge in [-0.05, 0) is 28.5 Å². The van der Waals surface area contributed by atoms with Crippen LogP contribution in [-0.2, 0) is 10.2 Å². The van der Waals surface area contributed by atoms with Gasteiger partial charge in [0, 0.05) is 42.1 Å². The number of pyridine rings is 1. The van der Waals surface area contributed by atoms with E-state index in [1.807, 2.05) is 18.5 Å². The first-order chi connectivity index (χ1) is 15.5. The number of anilines is 3. The molecule has 3 heterocycles. The topological polar surface area (TPSA) is 66.1 Å². The molecular weight excluding hydrogens is 398 g/mol. The Morgan fingerprint density at radius 1 is 0.969 bits per heavy atom. The van der Waals surface area contributed by atoms with Crippen LogP contribution in [0.25, 0.3) is 22.0 Å². The summed E-state index contributed by atoms with van der Waals surface area (Å²) in [4.78, 5) is 15.2. The lowest BCUT2D eigenvalue weighted by molar-refractivity contribution is 0.122. The summed E-state index contributed by atoms with van der Waals surface area (Å²) in [5.74, 6) is 1.73. The van der Waals surface area contributed by atoms with Gasteiger partial charge in [0.25, 0.3) is 0 Å². The zero-order valence-corrected chi connectivity index (χ0v) is 18.9. The molecule has 0 radical (unpaired) electrons. The summed E-state index contributed by atoms with van der Waals surface area (Å²) in [5.41, 5.74) is 4.39. The molecule has 1 aliphatic rings. The average Bonchev–Trinajstić information content (AvgIpc) is 3.30. The summed E-state index contributed by atoms with van der Waals surface area (Å²) in [5, 5.41) is 5.69. The van der Waals surface area contributed by atoms with Crippen molar-refractivity contribution in [3.63, 3.8) is 0 Å². The molecule has 164 valence electrons. The molecule has 0 amide bonds. The van der Waals surface area contributed by atoms with E-state index in [0.717, 1.165) is 65.8 Å². The number of fused-ring (bicyclic) bond motifs is 1. The van der Waals surface area contributed by atoms with Crippen molar-refractivity contribution in [1.29, 1.82) is 0 Å². The van der Waals surface area contributed by atoms with Crippen molar-refractivity contribution in [3.8, 4) is 11.3 Å². The van der Waals surface area contributed by atoms with Gasteiger partial charge in [-0.2, -0.15) is 0 Å². The summed E-state index contributed by atoms with van der Waals surface area (Å²) < 4.78 is 5.45. The van der Waals surface area contributed by atoms with Gasteiger partial charge in [0.2, 0.25) is 5.95 Å². The molecule has 2 aromatic heterocycles. The Balaban J connectivity index is 1.46. The highest BCUT2D eigenvalue weighted by atomic mass is 16.5. The molecule has 0 unspecified atom stereocenters. The van der Waals surface area contributed by atoms with Crippen molar-refractivity contribution in [2.45, 2.75) is 26.2 Å². The molecule has 0 spiro atoms. The molecule has 6 nitrogen and oxygen atoms in total. The smallest absolute Gasteiger partial charge is 0.203 e.